The molecule has 7 heteroatoms. The van der Waals surface area contributed by atoms with E-state index in [0.717, 1.165) is 18.9 Å². The predicted octanol–water partition coefficient (Wildman–Crippen LogP) is 2.42. The molecule has 1 aliphatic heterocycles. The van der Waals surface area contributed by atoms with Crippen LogP contribution in [0.3, 0.4) is 0 Å². The van der Waals surface area contributed by atoms with Crippen molar-refractivity contribution in [2.45, 2.75) is 24.7 Å². The zero-order chi connectivity index (χ0) is 14.8. The standard InChI is InChI=1S/C13H17ClFNO3S/c1-19-12-3-2-6-16(8-12)20(17,18)9-10-4-5-11(14)7-13(10)15/h4-5,7,12H,2-3,6,8-9H2,1H3. The van der Waals surface area contributed by atoms with Crippen LogP contribution in [0.4, 0.5) is 4.39 Å². The first kappa shape index (κ1) is 15.7. The molecule has 0 aromatic heterocycles. The summed E-state index contributed by atoms with van der Waals surface area (Å²) in [7, 11) is -1.98. The Hall–Kier alpha value is -0.690. The lowest BCUT2D eigenvalue weighted by Gasteiger charge is -2.31. The summed E-state index contributed by atoms with van der Waals surface area (Å²) in [5, 5.41) is 0.251. The van der Waals surface area contributed by atoms with Crippen molar-refractivity contribution in [2.75, 3.05) is 20.2 Å². The topological polar surface area (TPSA) is 46.6 Å². The van der Waals surface area contributed by atoms with Crippen molar-refractivity contribution in [1.29, 1.82) is 0 Å². The van der Waals surface area contributed by atoms with Gasteiger partial charge in [-0.15, -0.1) is 0 Å². The van der Waals surface area contributed by atoms with E-state index in [1.54, 1.807) is 7.11 Å². The fraction of sp³-hybridized carbons (Fsp3) is 0.538. The van der Waals surface area contributed by atoms with E-state index in [4.69, 9.17) is 16.3 Å². The number of ether oxygens (including phenoxy) is 1. The van der Waals surface area contributed by atoms with E-state index in [0.29, 0.717) is 13.1 Å². The summed E-state index contributed by atoms with van der Waals surface area (Å²) in [5.74, 6) is -0.951. The van der Waals surface area contributed by atoms with Crippen molar-refractivity contribution in [3.8, 4) is 0 Å². The van der Waals surface area contributed by atoms with Crippen LogP contribution in [0.2, 0.25) is 5.02 Å². The molecule has 0 aliphatic carbocycles. The van der Waals surface area contributed by atoms with Gasteiger partial charge in [0.15, 0.2) is 0 Å². The Morgan fingerprint density at radius 2 is 2.25 bits per heavy atom. The summed E-state index contributed by atoms with van der Waals surface area (Å²) in [6.45, 7) is 0.783. The van der Waals surface area contributed by atoms with Gasteiger partial charge in [0.05, 0.1) is 11.9 Å². The highest BCUT2D eigenvalue weighted by Gasteiger charge is 2.29. The average Bonchev–Trinajstić information content (AvgIpc) is 2.42. The molecular weight excluding hydrogens is 305 g/mol. The molecule has 20 heavy (non-hydrogen) atoms. The quantitative estimate of drug-likeness (QED) is 0.855. The van der Waals surface area contributed by atoms with E-state index < -0.39 is 15.8 Å². The molecule has 0 bridgehead atoms. The van der Waals surface area contributed by atoms with Gasteiger partial charge in [-0.2, -0.15) is 4.31 Å². The second-order valence-corrected chi connectivity index (χ2v) is 7.26. The maximum Gasteiger partial charge on any atom is 0.218 e. The summed E-state index contributed by atoms with van der Waals surface area (Å²) in [5.41, 5.74) is 0.133. The molecule has 1 aromatic carbocycles. The number of methoxy groups -OCH3 is 1. The lowest BCUT2D eigenvalue weighted by atomic mass is 10.1. The van der Waals surface area contributed by atoms with Crippen LogP contribution in [0.15, 0.2) is 18.2 Å². The van der Waals surface area contributed by atoms with Crippen LogP contribution in [-0.4, -0.2) is 39.0 Å². The third-order valence-electron chi connectivity index (χ3n) is 3.42. The Morgan fingerprint density at radius 3 is 2.90 bits per heavy atom. The van der Waals surface area contributed by atoms with Crippen LogP contribution < -0.4 is 0 Å². The van der Waals surface area contributed by atoms with E-state index in [1.165, 1.54) is 16.4 Å². The van der Waals surface area contributed by atoms with E-state index in [1.807, 2.05) is 0 Å². The molecule has 2 rings (SSSR count). The molecule has 1 saturated heterocycles. The van der Waals surface area contributed by atoms with Gasteiger partial charge in [0, 0.05) is 30.8 Å². The number of nitrogens with zero attached hydrogens (tertiary/aromatic N) is 1. The second-order valence-electron chi connectivity index (χ2n) is 4.85. The van der Waals surface area contributed by atoms with Crippen LogP contribution in [-0.2, 0) is 20.5 Å². The van der Waals surface area contributed by atoms with Crippen molar-refractivity contribution in [2.24, 2.45) is 0 Å². The average molecular weight is 322 g/mol. The molecule has 0 amide bonds. The number of hydrogen-bond acceptors (Lipinski definition) is 3. The summed E-state index contributed by atoms with van der Waals surface area (Å²) < 4.78 is 44.9. The van der Waals surface area contributed by atoms with Gasteiger partial charge in [-0.05, 0) is 25.0 Å². The van der Waals surface area contributed by atoms with E-state index >= 15 is 0 Å². The summed E-state index contributed by atoms with van der Waals surface area (Å²) in [6.07, 6.45) is 1.51. The number of halogens is 2. The molecule has 112 valence electrons. The molecule has 0 radical (unpaired) electrons. The molecule has 0 saturated carbocycles. The summed E-state index contributed by atoms with van der Waals surface area (Å²) in [6, 6.07) is 4.02. The van der Waals surface area contributed by atoms with Crippen LogP contribution in [0, 0.1) is 5.82 Å². The zero-order valence-electron chi connectivity index (χ0n) is 11.2. The highest BCUT2D eigenvalue weighted by molar-refractivity contribution is 7.88. The SMILES string of the molecule is COC1CCCN(S(=O)(=O)Cc2ccc(Cl)cc2F)C1. The Kier molecular flexibility index (Phi) is 5.01. The molecule has 1 aliphatic rings. The predicted molar refractivity (Wildman–Crippen MR) is 75.6 cm³/mol. The minimum atomic E-state index is -3.54. The molecule has 0 N–H and O–H groups in total. The highest BCUT2D eigenvalue weighted by atomic mass is 35.5. The van der Waals surface area contributed by atoms with Crippen LogP contribution in [0.25, 0.3) is 0 Å². The molecule has 1 unspecified atom stereocenters. The van der Waals surface area contributed by atoms with Gasteiger partial charge in [0.2, 0.25) is 10.0 Å². The van der Waals surface area contributed by atoms with Gasteiger partial charge in [-0.3, -0.25) is 0 Å². The first-order chi connectivity index (χ1) is 9.42. The lowest BCUT2D eigenvalue weighted by molar-refractivity contribution is 0.0571. The van der Waals surface area contributed by atoms with Gasteiger partial charge < -0.3 is 4.74 Å². The first-order valence-corrected chi connectivity index (χ1v) is 8.35. The van der Waals surface area contributed by atoms with Gasteiger partial charge in [0.1, 0.15) is 5.82 Å². The largest absolute Gasteiger partial charge is 0.380 e. The zero-order valence-corrected chi connectivity index (χ0v) is 12.8. The fourth-order valence-electron chi connectivity index (χ4n) is 2.28. The monoisotopic (exact) mass is 321 g/mol. The van der Waals surface area contributed by atoms with Crippen LogP contribution in [0.5, 0.6) is 0 Å². The number of sulfonamides is 1. The number of benzene rings is 1. The number of rotatable bonds is 4. The number of piperidine rings is 1. The van der Waals surface area contributed by atoms with E-state index in [2.05, 4.69) is 0 Å². The molecule has 1 aromatic rings. The van der Waals surface area contributed by atoms with Gasteiger partial charge in [-0.25, -0.2) is 12.8 Å². The maximum absolute atomic E-state index is 13.7. The molecule has 1 heterocycles. The molecule has 1 fully saturated rings. The van der Waals surface area contributed by atoms with Crippen molar-refractivity contribution >= 4 is 21.6 Å². The highest BCUT2D eigenvalue weighted by Crippen LogP contribution is 2.21. The third kappa shape index (κ3) is 3.69. The molecule has 0 spiro atoms. The van der Waals surface area contributed by atoms with Crippen LogP contribution in [0.1, 0.15) is 18.4 Å². The second kappa shape index (κ2) is 6.39. The van der Waals surface area contributed by atoms with Gasteiger partial charge >= 0.3 is 0 Å². The van der Waals surface area contributed by atoms with Crippen molar-refractivity contribution in [3.63, 3.8) is 0 Å². The Labute approximate surface area is 123 Å². The first-order valence-electron chi connectivity index (χ1n) is 6.37. The molecule has 4 nitrogen and oxygen atoms in total. The minimum absolute atomic E-state index is 0.0893. The summed E-state index contributed by atoms with van der Waals surface area (Å²) in [4.78, 5) is 0. The third-order valence-corrected chi connectivity index (χ3v) is 5.45. The van der Waals surface area contributed by atoms with Crippen molar-refractivity contribution < 1.29 is 17.5 Å². The van der Waals surface area contributed by atoms with Crippen LogP contribution >= 0.6 is 11.6 Å². The minimum Gasteiger partial charge on any atom is -0.380 e. The Morgan fingerprint density at radius 1 is 1.50 bits per heavy atom. The van der Waals surface area contributed by atoms with Gasteiger partial charge in [-0.1, -0.05) is 17.7 Å². The Balaban J connectivity index is 2.14. The van der Waals surface area contributed by atoms with Crippen molar-refractivity contribution in [1.82, 2.24) is 4.31 Å². The number of hydrogen-bond donors (Lipinski definition) is 0. The maximum atomic E-state index is 13.7. The molecule has 1 atom stereocenters. The van der Waals surface area contributed by atoms with Crippen molar-refractivity contribution in [3.05, 3.63) is 34.6 Å². The smallest absolute Gasteiger partial charge is 0.218 e. The van der Waals surface area contributed by atoms with E-state index in [-0.39, 0.29) is 22.4 Å². The Bertz CT molecular complexity index is 579. The normalized spacial score (nSPS) is 21.1. The summed E-state index contributed by atoms with van der Waals surface area (Å²) >= 11 is 5.66. The van der Waals surface area contributed by atoms with E-state index in [9.17, 15) is 12.8 Å². The lowest BCUT2D eigenvalue weighted by Crippen LogP contribution is -2.43. The molecular formula is C13H17ClFNO3S. The fourth-order valence-corrected chi connectivity index (χ4v) is 4.05. The van der Waals surface area contributed by atoms with Gasteiger partial charge in [0.25, 0.3) is 0 Å².